The Kier molecular flexibility index (Phi) is 4.39. The van der Waals surface area contributed by atoms with Gasteiger partial charge in [0.15, 0.2) is 5.15 Å². The van der Waals surface area contributed by atoms with Gasteiger partial charge in [0.25, 0.3) is 0 Å². The summed E-state index contributed by atoms with van der Waals surface area (Å²) < 4.78 is 0.850. The predicted octanol–water partition coefficient (Wildman–Crippen LogP) is 3.21. The number of benzene rings is 1. The molecule has 0 atom stereocenters. The van der Waals surface area contributed by atoms with Crippen LogP contribution in [0.1, 0.15) is 15.9 Å². The molecule has 2 aromatic rings. The molecule has 1 aromatic heterocycles. The number of carbonyl (C=O) groups is 1. The van der Waals surface area contributed by atoms with E-state index >= 15 is 0 Å². The lowest BCUT2D eigenvalue weighted by molar-refractivity contribution is 0.100. The molecule has 1 amide bonds. The van der Waals surface area contributed by atoms with Crippen LogP contribution in [0.3, 0.4) is 0 Å². The number of nitrogens with zero attached hydrogens (tertiary/aromatic N) is 1. The maximum absolute atomic E-state index is 10.9. The fraction of sp³-hybridized carbons (Fsp3) is 0.0769. The van der Waals surface area contributed by atoms with Crippen molar-refractivity contribution in [1.29, 1.82) is 0 Å². The van der Waals surface area contributed by atoms with Gasteiger partial charge in [-0.1, -0.05) is 23.7 Å². The number of nitrogens with two attached hydrogens (primary N) is 1. The first-order chi connectivity index (χ1) is 9.06. The minimum absolute atomic E-state index is 0.414. The molecule has 0 aliphatic carbocycles. The molecule has 0 saturated carbocycles. The van der Waals surface area contributed by atoms with Gasteiger partial charge >= 0.3 is 0 Å². The van der Waals surface area contributed by atoms with Crippen LogP contribution in [0.25, 0.3) is 0 Å². The van der Waals surface area contributed by atoms with E-state index in [1.54, 1.807) is 18.3 Å². The second-order valence-corrected chi connectivity index (χ2v) is 5.18. The van der Waals surface area contributed by atoms with Gasteiger partial charge in [-0.05, 0) is 39.7 Å². The molecule has 6 heteroatoms. The molecule has 19 heavy (non-hydrogen) atoms. The number of rotatable bonds is 4. The van der Waals surface area contributed by atoms with E-state index < -0.39 is 5.91 Å². The zero-order chi connectivity index (χ0) is 13.8. The molecular weight excluding hydrogens is 330 g/mol. The highest BCUT2D eigenvalue weighted by molar-refractivity contribution is 9.10. The van der Waals surface area contributed by atoms with Crippen molar-refractivity contribution >= 4 is 39.1 Å². The Morgan fingerprint density at radius 3 is 2.68 bits per heavy atom. The van der Waals surface area contributed by atoms with Crippen LogP contribution in [0.2, 0.25) is 5.15 Å². The van der Waals surface area contributed by atoms with E-state index in [1.807, 2.05) is 18.2 Å². The quantitative estimate of drug-likeness (QED) is 0.840. The number of amides is 1. The van der Waals surface area contributed by atoms with Crippen molar-refractivity contribution in [2.75, 3.05) is 5.32 Å². The van der Waals surface area contributed by atoms with Crippen LogP contribution in [-0.4, -0.2) is 10.9 Å². The molecule has 0 bridgehead atoms. The van der Waals surface area contributed by atoms with Crippen LogP contribution in [0.4, 0.5) is 5.69 Å². The second-order valence-electron chi connectivity index (χ2n) is 3.91. The lowest BCUT2D eigenvalue weighted by Crippen LogP contribution is -2.10. The lowest BCUT2D eigenvalue weighted by atomic mass is 10.1. The summed E-state index contributed by atoms with van der Waals surface area (Å²) in [6.45, 7) is 0.580. The number of anilines is 1. The SMILES string of the molecule is NC(=O)c1ccc(CNc2cc(Br)cnc2Cl)cc1. The van der Waals surface area contributed by atoms with Gasteiger partial charge in [-0.25, -0.2) is 4.98 Å². The highest BCUT2D eigenvalue weighted by atomic mass is 79.9. The smallest absolute Gasteiger partial charge is 0.248 e. The van der Waals surface area contributed by atoms with Crippen LogP contribution in [0.15, 0.2) is 41.0 Å². The number of hydrogen-bond acceptors (Lipinski definition) is 3. The largest absolute Gasteiger partial charge is 0.378 e. The molecule has 0 radical (unpaired) electrons. The number of aromatic nitrogens is 1. The van der Waals surface area contributed by atoms with E-state index in [0.717, 1.165) is 15.7 Å². The predicted molar refractivity (Wildman–Crippen MR) is 79.2 cm³/mol. The first kappa shape index (κ1) is 13.8. The second kappa shape index (κ2) is 6.04. The first-order valence-electron chi connectivity index (χ1n) is 5.50. The summed E-state index contributed by atoms with van der Waals surface area (Å²) in [6, 6.07) is 8.92. The topological polar surface area (TPSA) is 68.0 Å². The van der Waals surface area contributed by atoms with E-state index in [1.165, 1.54) is 0 Å². The summed E-state index contributed by atoms with van der Waals surface area (Å²) in [7, 11) is 0. The summed E-state index contributed by atoms with van der Waals surface area (Å²) in [4.78, 5) is 15.0. The van der Waals surface area contributed by atoms with Gasteiger partial charge in [0.05, 0.1) is 5.69 Å². The normalized spacial score (nSPS) is 10.2. The number of nitrogens with one attached hydrogen (secondary N) is 1. The van der Waals surface area contributed by atoms with Gasteiger partial charge in [-0.15, -0.1) is 0 Å². The van der Waals surface area contributed by atoms with E-state index in [2.05, 4.69) is 26.2 Å². The van der Waals surface area contributed by atoms with E-state index in [0.29, 0.717) is 17.3 Å². The summed E-state index contributed by atoms with van der Waals surface area (Å²) in [5.74, 6) is -0.432. The van der Waals surface area contributed by atoms with Crippen LogP contribution in [0.5, 0.6) is 0 Å². The minimum Gasteiger partial charge on any atom is -0.378 e. The standard InChI is InChI=1S/C13H11BrClN3O/c14-10-5-11(12(15)18-7-10)17-6-8-1-3-9(4-2-8)13(16)19/h1-5,7,17H,6H2,(H2,16,19). The number of pyridine rings is 1. The average Bonchev–Trinajstić information content (AvgIpc) is 2.40. The molecule has 3 N–H and O–H groups in total. The fourth-order valence-corrected chi connectivity index (χ4v) is 2.03. The monoisotopic (exact) mass is 339 g/mol. The van der Waals surface area contributed by atoms with Crippen molar-refractivity contribution in [1.82, 2.24) is 4.98 Å². The lowest BCUT2D eigenvalue weighted by Gasteiger charge is -2.08. The Morgan fingerprint density at radius 2 is 2.05 bits per heavy atom. The van der Waals surface area contributed by atoms with Gasteiger partial charge in [-0.2, -0.15) is 0 Å². The van der Waals surface area contributed by atoms with Crippen molar-refractivity contribution in [2.24, 2.45) is 5.73 Å². The van der Waals surface area contributed by atoms with Gasteiger partial charge < -0.3 is 11.1 Å². The summed E-state index contributed by atoms with van der Waals surface area (Å²) in [6.07, 6.45) is 1.63. The third kappa shape index (κ3) is 3.68. The molecule has 0 fully saturated rings. The van der Waals surface area contributed by atoms with Gasteiger partial charge in [0.1, 0.15) is 0 Å². The van der Waals surface area contributed by atoms with Crippen molar-refractivity contribution < 1.29 is 4.79 Å². The fourth-order valence-electron chi connectivity index (χ4n) is 1.53. The maximum atomic E-state index is 10.9. The molecular formula is C13H11BrClN3O. The molecule has 0 aliphatic heterocycles. The molecule has 1 aromatic carbocycles. The zero-order valence-corrected chi connectivity index (χ0v) is 12.2. The first-order valence-corrected chi connectivity index (χ1v) is 6.67. The number of hydrogen-bond donors (Lipinski definition) is 2. The highest BCUT2D eigenvalue weighted by Crippen LogP contribution is 2.23. The van der Waals surface area contributed by atoms with Crippen LogP contribution >= 0.6 is 27.5 Å². The van der Waals surface area contributed by atoms with Gasteiger partial charge in [0, 0.05) is 22.8 Å². The molecule has 0 aliphatic rings. The highest BCUT2D eigenvalue weighted by Gasteiger charge is 2.03. The Labute approximate surface area is 124 Å². The van der Waals surface area contributed by atoms with Crippen LogP contribution in [0, 0.1) is 0 Å². The Hall–Kier alpha value is -1.59. The van der Waals surface area contributed by atoms with Gasteiger partial charge in [0.2, 0.25) is 5.91 Å². The van der Waals surface area contributed by atoms with Crippen molar-refractivity contribution in [3.63, 3.8) is 0 Å². The van der Waals surface area contributed by atoms with Crippen LogP contribution < -0.4 is 11.1 Å². The summed E-state index contributed by atoms with van der Waals surface area (Å²) in [5.41, 5.74) is 7.43. The molecule has 4 nitrogen and oxygen atoms in total. The Balaban J connectivity index is 2.06. The van der Waals surface area contributed by atoms with E-state index in [4.69, 9.17) is 17.3 Å². The third-order valence-electron chi connectivity index (χ3n) is 2.53. The van der Waals surface area contributed by atoms with E-state index in [-0.39, 0.29) is 0 Å². The van der Waals surface area contributed by atoms with Crippen LogP contribution in [-0.2, 0) is 6.54 Å². The Bertz CT molecular complexity index is 601. The van der Waals surface area contributed by atoms with E-state index in [9.17, 15) is 4.79 Å². The van der Waals surface area contributed by atoms with Crippen molar-refractivity contribution in [3.05, 3.63) is 57.3 Å². The average molecular weight is 341 g/mol. The zero-order valence-electron chi connectivity index (χ0n) is 9.86. The third-order valence-corrected chi connectivity index (χ3v) is 3.26. The number of primary amides is 1. The molecule has 0 spiro atoms. The number of halogens is 2. The van der Waals surface area contributed by atoms with Gasteiger partial charge in [-0.3, -0.25) is 4.79 Å². The maximum Gasteiger partial charge on any atom is 0.248 e. The Morgan fingerprint density at radius 1 is 1.37 bits per heavy atom. The minimum atomic E-state index is -0.432. The molecule has 0 unspecified atom stereocenters. The summed E-state index contributed by atoms with van der Waals surface area (Å²) in [5, 5.41) is 3.59. The molecule has 98 valence electrons. The molecule has 1 heterocycles. The molecule has 2 rings (SSSR count). The number of carbonyl (C=O) groups excluding carboxylic acids is 1. The molecule has 0 saturated heterocycles. The van der Waals surface area contributed by atoms with Crippen molar-refractivity contribution in [2.45, 2.75) is 6.54 Å². The summed E-state index contributed by atoms with van der Waals surface area (Å²) >= 11 is 9.31. The van der Waals surface area contributed by atoms with Crippen molar-refractivity contribution in [3.8, 4) is 0 Å².